The Morgan fingerprint density at radius 3 is 2.55 bits per heavy atom. The van der Waals surface area contributed by atoms with Crippen molar-refractivity contribution < 1.29 is 8.42 Å². The van der Waals surface area contributed by atoms with Gasteiger partial charge in [0.15, 0.2) is 9.84 Å². The quantitative estimate of drug-likeness (QED) is 0.863. The SMILES string of the molecule is CCNc1nc(C(C)S(C)(=O)=O)nc2c1CCCCC2. The summed E-state index contributed by atoms with van der Waals surface area (Å²) in [6.07, 6.45) is 6.58. The van der Waals surface area contributed by atoms with Gasteiger partial charge in [0, 0.05) is 24.1 Å². The van der Waals surface area contributed by atoms with Crippen LogP contribution in [0, 0.1) is 0 Å². The second-order valence-corrected chi connectivity index (χ2v) is 7.78. The van der Waals surface area contributed by atoms with Crippen molar-refractivity contribution in [3.8, 4) is 0 Å². The smallest absolute Gasteiger partial charge is 0.157 e. The molecule has 112 valence electrons. The van der Waals surface area contributed by atoms with Crippen molar-refractivity contribution in [3.63, 3.8) is 0 Å². The van der Waals surface area contributed by atoms with Crippen molar-refractivity contribution >= 4 is 15.7 Å². The Morgan fingerprint density at radius 1 is 1.20 bits per heavy atom. The van der Waals surface area contributed by atoms with E-state index in [0.29, 0.717) is 5.82 Å². The van der Waals surface area contributed by atoms with Gasteiger partial charge in [0.1, 0.15) is 16.9 Å². The lowest BCUT2D eigenvalue weighted by Gasteiger charge is -2.16. The van der Waals surface area contributed by atoms with Crippen LogP contribution in [0.5, 0.6) is 0 Å². The van der Waals surface area contributed by atoms with E-state index in [0.717, 1.165) is 43.7 Å². The van der Waals surface area contributed by atoms with Crippen LogP contribution in [-0.4, -0.2) is 31.2 Å². The second kappa shape index (κ2) is 6.08. The molecule has 0 bridgehead atoms. The minimum atomic E-state index is -3.18. The molecule has 0 saturated heterocycles. The molecular formula is C14H23N3O2S. The van der Waals surface area contributed by atoms with Crippen LogP contribution in [0.2, 0.25) is 0 Å². The van der Waals surface area contributed by atoms with Gasteiger partial charge in [0.2, 0.25) is 0 Å². The number of aryl methyl sites for hydroxylation is 1. The molecule has 20 heavy (non-hydrogen) atoms. The maximum absolute atomic E-state index is 11.7. The summed E-state index contributed by atoms with van der Waals surface area (Å²) in [5, 5.41) is 2.61. The van der Waals surface area contributed by atoms with Crippen LogP contribution in [0.15, 0.2) is 0 Å². The molecule has 1 aromatic heterocycles. The van der Waals surface area contributed by atoms with Gasteiger partial charge in [-0.1, -0.05) is 6.42 Å². The molecule has 0 spiro atoms. The van der Waals surface area contributed by atoms with Crippen LogP contribution in [0.3, 0.4) is 0 Å². The van der Waals surface area contributed by atoms with E-state index in [1.165, 1.54) is 18.2 Å². The van der Waals surface area contributed by atoms with Crippen LogP contribution in [0.25, 0.3) is 0 Å². The van der Waals surface area contributed by atoms with Crippen LogP contribution < -0.4 is 5.32 Å². The number of nitrogens with zero attached hydrogens (tertiary/aromatic N) is 2. The molecule has 0 saturated carbocycles. The molecule has 0 amide bonds. The number of anilines is 1. The minimum absolute atomic E-state index is 0.420. The molecule has 1 aromatic rings. The average Bonchev–Trinajstić information content (AvgIpc) is 2.62. The highest BCUT2D eigenvalue weighted by Crippen LogP contribution is 2.28. The Bertz CT molecular complexity index is 584. The highest BCUT2D eigenvalue weighted by Gasteiger charge is 2.24. The fraction of sp³-hybridized carbons (Fsp3) is 0.714. The molecule has 0 aromatic carbocycles. The molecule has 1 N–H and O–H groups in total. The van der Waals surface area contributed by atoms with E-state index in [2.05, 4.69) is 15.3 Å². The molecule has 0 radical (unpaired) electrons. The first-order valence-electron chi connectivity index (χ1n) is 7.26. The number of fused-ring (bicyclic) bond motifs is 1. The van der Waals surface area contributed by atoms with Gasteiger partial charge in [-0.15, -0.1) is 0 Å². The Kier molecular flexibility index (Phi) is 4.62. The number of hydrogen-bond donors (Lipinski definition) is 1. The van der Waals surface area contributed by atoms with E-state index in [1.54, 1.807) is 6.92 Å². The van der Waals surface area contributed by atoms with Crippen LogP contribution in [0.4, 0.5) is 5.82 Å². The Balaban J connectivity index is 2.50. The number of sulfone groups is 1. The standard InChI is InChI=1S/C14H23N3O2S/c1-4-15-14-11-8-6-5-7-9-12(11)16-13(17-14)10(2)20(3,18)19/h10H,4-9H2,1-3H3,(H,15,16,17). The van der Waals surface area contributed by atoms with Crippen molar-refractivity contribution in [1.82, 2.24) is 9.97 Å². The van der Waals surface area contributed by atoms with E-state index in [-0.39, 0.29) is 0 Å². The number of aromatic nitrogens is 2. The molecule has 1 heterocycles. The highest BCUT2D eigenvalue weighted by atomic mass is 32.2. The maximum Gasteiger partial charge on any atom is 0.157 e. The summed E-state index contributed by atoms with van der Waals surface area (Å²) in [6, 6.07) is 0. The van der Waals surface area contributed by atoms with Crippen molar-refractivity contribution in [2.24, 2.45) is 0 Å². The summed E-state index contributed by atoms with van der Waals surface area (Å²) < 4.78 is 23.5. The Labute approximate surface area is 121 Å². The molecular weight excluding hydrogens is 274 g/mol. The zero-order valence-electron chi connectivity index (χ0n) is 12.4. The Hall–Kier alpha value is -1.17. The van der Waals surface area contributed by atoms with E-state index in [9.17, 15) is 8.42 Å². The molecule has 1 aliphatic carbocycles. The fourth-order valence-electron chi connectivity index (χ4n) is 2.48. The van der Waals surface area contributed by atoms with Crippen LogP contribution in [-0.2, 0) is 22.7 Å². The Morgan fingerprint density at radius 2 is 1.90 bits per heavy atom. The predicted molar refractivity (Wildman–Crippen MR) is 80.7 cm³/mol. The van der Waals surface area contributed by atoms with Crippen LogP contribution >= 0.6 is 0 Å². The summed E-state index contributed by atoms with van der Waals surface area (Å²) >= 11 is 0. The normalized spacial score (nSPS) is 17.1. The van der Waals surface area contributed by atoms with Crippen molar-refractivity contribution in [3.05, 3.63) is 17.1 Å². The molecule has 2 rings (SSSR count). The second-order valence-electron chi connectivity index (χ2n) is 5.42. The maximum atomic E-state index is 11.7. The number of hydrogen-bond acceptors (Lipinski definition) is 5. The first-order valence-corrected chi connectivity index (χ1v) is 9.21. The minimum Gasteiger partial charge on any atom is -0.370 e. The number of rotatable bonds is 4. The summed E-state index contributed by atoms with van der Waals surface area (Å²) in [5.74, 6) is 1.24. The van der Waals surface area contributed by atoms with E-state index < -0.39 is 15.1 Å². The van der Waals surface area contributed by atoms with E-state index >= 15 is 0 Å². The lowest BCUT2D eigenvalue weighted by molar-refractivity contribution is 0.588. The monoisotopic (exact) mass is 297 g/mol. The molecule has 1 unspecified atom stereocenters. The van der Waals surface area contributed by atoms with E-state index in [4.69, 9.17) is 0 Å². The molecule has 1 aliphatic rings. The van der Waals surface area contributed by atoms with Gasteiger partial charge >= 0.3 is 0 Å². The van der Waals surface area contributed by atoms with Crippen molar-refractivity contribution in [2.75, 3.05) is 18.1 Å². The zero-order chi connectivity index (χ0) is 14.8. The molecule has 5 nitrogen and oxygen atoms in total. The fourth-order valence-corrected chi connectivity index (χ4v) is 2.97. The van der Waals surface area contributed by atoms with Crippen LogP contribution in [0.1, 0.15) is 55.4 Å². The summed E-state index contributed by atoms with van der Waals surface area (Å²) in [5.41, 5.74) is 2.20. The largest absolute Gasteiger partial charge is 0.370 e. The van der Waals surface area contributed by atoms with Gasteiger partial charge in [-0.05, 0) is 39.5 Å². The summed E-state index contributed by atoms with van der Waals surface area (Å²) in [7, 11) is -3.18. The van der Waals surface area contributed by atoms with Gasteiger partial charge in [-0.25, -0.2) is 18.4 Å². The van der Waals surface area contributed by atoms with Gasteiger partial charge in [-0.3, -0.25) is 0 Å². The predicted octanol–water partition coefficient (Wildman–Crippen LogP) is 2.28. The van der Waals surface area contributed by atoms with Gasteiger partial charge in [-0.2, -0.15) is 0 Å². The third-order valence-corrected chi connectivity index (χ3v) is 5.30. The summed E-state index contributed by atoms with van der Waals surface area (Å²) in [4.78, 5) is 9.03. The van der Waals surface area contributed by atoms with Crippen molar-refractivity contribution in [2.45, 2.75) is 51.2 Å². The lowest BCUT2D eigenvalue weighted by atomic mass is 10.1. The first kappa shape index (κ1) is 15.2. The van der Waals surface area contributed by atoms with Gasteiger partial charge in [0.05, 0.1) is 0 Å². The first-order chi connectivity index (χ1) is 9.43. The zero-order valence-corrected chi connectivity index (χ0v) is 13.3. The molecule has 0 fully saturated rings. The highest BCUT2D eigenvalue weighted by molar-refractivity contribution is 7.90. The van der Waals surface area contributed by atoms with Gasteiger partial charge in [0.25, 0.3) is 0 Å². The molecule has 6 heteroatoms. The van der Waals surface area contributed by atoms with Crippen molar-refractivity contribution in [1.29, 1.82) is 0 Å². The lowest BCUT2D eigenvalue weighted by Crippen LogP contribution is -2.16. The third kappa shape index (κ3) is 3.29. The topological polar surface area (TPSA) is 72.0 Å². The third-order valence-electron chi connectivity index (χ3n) is 3.80. The average molecular weight is 297 g/mol. The van der Waals surface area contributed by atoms with E-state index in [1.807, 2.05) is 6.92 Å². The molecule has 0 aliphatic heterocycles. The summed E-state index contributed by atoms with van der Waals surface area (Å²) in [6.45, 7) is 4.45. The molecule has 1 atom stereocenters. The number of nitrogens with one attached hydrogen (secondary N) is 1. The van der Waals surface area contributed by atoms with Gasteiger partial charge < -0.3 is 5.32 Å².